The highest BCUT2D eigenvalue weighted by Crippen LogP contribution is 2.56. The number of likely N-dealkylation sites (tertiary alicyclic amines) is 1. The summed E-state index contributed by atoms with van der Waals surface area (Å²) in [5, 5.41) is 20.4. The molecule has 8 nitrogen and oxygen atoms in total. The highest BCUT2D eigenvalue weighted by atomic mass is 79.9. The number of nitrogens with zero attached hydrogens (tertiary/aromatic N) is 1. The number of aromatic hydroxyl groups is 2. The molecule has 0 aromatic heterocycles. The molecule has 12 heteroatoms. The van der Waals surface area contributed by atoms with Crippen molar-refractivity contribution in [1.29, 1.82) is 0 Å². The molecule has 2 amide bonds. The molecular formula is C31H23BrF3NO7. The van der Waals surface area contributed by atoms with Crippen LogP contribution in [0.15, 0.2) is 75.8 Å². The minimum absolute atomic E-state index is 0.00230. The third-order valence-electron chi connectivity index (χ3n) is 8.53. The molecule has 0 bridgehead atoms. The minimum atomic E-state index is -5.02. The third-order valence-corrected chi connectivity index (χ3v) is 9.12. The van der Waals surface area contributed by atoms with Crippen LogP contribution < -0.4 is 4.74 Å². The quantitative estimate of drug-likeness (QED) is 0.264. The van der Waals surface area contributed by atoms with Crippen LogP contribution in [0.1, 0.15) is 29.9 Å². The van der Waals surface area contributed by atoms with Gasteiger partial charge in [0.1, 0.15) is 17.2 Å². The van der Waals surface area contributed by atoms with Gasteiger partial charge in [-0.15, -0.1) is 13.2 Å². The van der Waals surface area contributed by atoms with Crippen molar-refractivity contribution in [3.63, 3.8) is 0 Å². The average Bonchev–Trinajstić information content (AvgIpc) is 3.19. The molecule has 0 unspecified atom stereocenters. The number of Topliss-reactive ketones (excluding diaryl/α,β-unsaturated/α-hetero) is 1. The average molecular weight is 658 g/mol. The number of phenols is 2. The number of ketones is 2. The largest absolute Gasteiger partial charge is 0.573 e. The molecule has 1 heterocycles. The Kier molecular flexibility index (Phi) is 7.07. The summed E-state index contributed by atoms with van der Waals surface area (Å²) in [6.45, 7) is 0.0954. The van der Waals surface area contributed by atoms with Gasteiger partial charge in [0.15, 0.2) is 11.6 Å². The SMILES string of the molecule is O=C1C=C(Br)C(=O)C2=C1[C@@H](c1cc(OC(F)(F)F)ccc1O)C1=CC[C@@H]3C(=O)N(CCc4ccc(O)cc4)C(=O)[C@@H]3[C@@H]1C2. The van der Waals surface area contributed by atoms with Crippen molar-refractivity contribution >= 4 is 39.3 Å². The van der Waals surface area contributed by atoms with Gasteiger partial charge in [-0.05, 0) is 77.0 Å². The normalized spacial score (nSPS) is 25.3. The predicted octanol–water partition coefficient (Wildman–Crippen LogP) is 5.00. The number of halogens is 4. The molecule has 0 spiro atoms. The van der Waals surface area contributed by atoms with E-state index in [9.17, 15) is 42.6 Å². The van der Waals surface area contributed by atoms with Crippen molar-refractivity contribution in [3.8, 4) is 17.2 Å². The Labute approximate surface area is 251 Å². The first kappa shape index (κ1) is 28.9. The monoisotopic (exact) mass is 657 g/mol. The van der Waals surface area contributed by atoms with Crippen molar-refractivity contribution in [2.45, 2.75) is 31.5 Å². The van der Waals surface area contributed by atoms with E-state index in [0.717, 1.165) is 29.8 Å². The van der Waals surface area contributed by atoms with E-state index >= 15 is 0 Å². The topological polar surface area (TPSA) is 121 Å². The summed E-state index contributed by atoms with van der Waals surface area (Å²) in [7, 11) is 0. The van der Waals surface area contributed by atoms with Gasteiger partial charge in [0, 0.05) is 35.2 Å². The molecule has 4 atom stereocenters. The van der Waals surface area contributed by atoms with E-state index in [2.05, 4.69) is 20.7 Å². The van der Waals surface area contributed by atoms with Gasteiger partial charge in [-0.2, -0.15) is 0 Å². The summed E-state index contributed by atoms with van der Waals surface area (Å²) >= 11 is 3.12. The molecule has 1 saturated heterocycles. The molecule has 0 radical (unpaired) electrons. The van der Waals surface area contributed by atoms with Gasteiger partial charge in [0.05, 0.1) is 16.3 Å². The third kappa shape index (κ3) is 5.07. The number of amides is 2. The molecule has 222 valence electrons. The molecule has 2 N–H and O–H groups in total. The van der Waals surface area contributed by atoms with Crippen LogP contribution in [0.5, 0.6) is 17.2 Å². The van der Waals surface area contributed by atoms with Crippen LogP contribution in [-0.4, -0.2) is 51.4 Å². The van der Waals surface area contributed by atoms with Gasteiger partial charge in [0.2, 0.25) is 11.8 Å². The smallest absolute Gasteiger partial charge is 0.508 e. The van der Waals surface area contributed by atoms with Crippen molar-refractivity contribution in [3.05, 3.63) is 86.9 Å². The van der Waals surface area contributed by atoms with Gasteiger partial charge in [0.25, 0.3) is 0 Å². The van der Waals surface area contributed by atoms with Crippen LogP contribution in [-0.2, 0) is 25.6 Å². The maximum absolute atomic E-state index is 13.8. The van der Waals surface area contributed by atoms with Crippen molar-refractivity contribution < 1.29 is 47.3 Å². The van der Waals surface area contributed by atoms with E-state index < -0.39 is 59.0 Å². The number of phenolic OH excluding ortho intramolecular Hbond substituents is 2. The van der Waals surface area contributed by atoms with Gasteiger partial charge < -0.3 is 14.9 Å². The fourth-order valence-electron chi connectivity index (χ4n) is 6.71. The molecule has 4 aliphatic rings. The van der Waals surface area contributed by atoms with Crippen molar-refractivity contribution in [1.82, 2.24) is 4.90 Å². The Morgan fingerprint density at radius 3 is 2.40 bits per heavy atom. The zero-order chi connectivity index (χ0) is 30.8. The molecule has 3 aliphatic carbocycles. The minimum Gasteiger partial charge on any atom is -0.508 e. The predicted molar refractivity (Wildman–Crippen MR) is 148 cm³/mol. The maximum Gasteiger partial charge on any atom is 0.573 e. The van der Waals surface area contributed by atoms with Crippen LogP contribution in [0.4, 0.5) is 13.2 Å². The molecule has 43 heavy (non-hydrogen) atoms. The number of hydrogen-bond acceptors (Lipinski definition) is 7. The zero-order valence-electron chi connectivity index (χ0n) is 22.2. The summed E-state index contributed by atoms with van der Waals surface area (Å²) < 4.78 is 43.2. The summed E-state index contributed by atoms with van der Waals surface area (Å²) in [5.41, 5.74) is 1.29. The second-order valence-electron chi connectivity index (χ2n) is 10.9. The van der Waals surface area contributed by atoms with Gasteiger partial charge in [-0.25, -0.2) is 0 Å². The number of carbonyl (C=O) groups excluding carboxylic acids is 4. The number of fused-ring (bicyclic) bond motifs is 3. The number of hydrogen-bond donors (Lipinski definition) is 2. The maximum atomic E-state index is 13.8. The Hall–Kier alpha value is -4.19. The van der Waals surface area contributed by atoms with Crippen LogP contribution >= 0.6 is 15.9 Å². The van der Waals surface area contributed by atoms with Crippen LogP contribution in [0, 0.1) is 17.8 Å². The van der Waals surface area contributed by atoms with E-state index in [1.54, 1.807) is 18.2 Å². The Morgan fingerprint density at radius 2 is 1.70 bits per heavy atom. The lowest BCUT2D eigenvalue weighted by Gasteiger charge is -2.42. The fraction of sp³-hybridized carbons (Fsp3) is 0.290. The Balaban J connectivity index is 1.40. The number of imide groups is 1. The summed E-state index contributed by atoms with van der Waals surface area (Å²) in [6.07, 6.45) is -1.77. The van der Waals surface area contributed by atoms with Gasteiger partial charge >= 0.3 is 6.36 Å². The number of rotatable bonds is 5. The van der Waals surface area contributed by atoms with Gasteiger partial charge in [-0.3, -0.25) is 24.1 Å². The number of carbonyl (C=O) groups is 4. The molecule has 2 aromatic rings. The van der Waals surface area contributed by atoms with Crippen molar-refractivity contribution in [2.24, 2.45) is 17.8 Å². The first-order valence-electron chi connectivity index (χ1n) is 13.4. The van der Waals surface area contributed by atoms with E-state index in [1.165, 1.54) is 17.0 Å². The van der Waals surface area contributed by atoms with Crippen LogP contribution in [0.25, 0.3) is 0 Å². The highest BCUT2D eigenvalue weighted by Gasteiger charge is 2.56. The molecule has 2 aromatic carbocycles. The summed E-state index contributed by atoms with van der Waals surface area (Å²) in [6, 6.07) is 9.31. The fourth-order valence-corrected chi connectivity index (χ4v) is 7.16. The Bertz CT molecular complexity index is 1670. The molecular weight excluding hydrogens is 635 g/mol. The second kappa shape index (κ2) is 10.5. The van der Waals surface area contributed by atoms with E-state index in [0.29, 0.717) is 12.0 Å². The molecule has 1 fully saturated rings. The van der Waals surface area contributed by atoms with Gasteiger partial charge in [-0.1, -0.05) is 23.8 Å². The van der Waals surface area contributed by atoms with Crippen LogP contribution in [0.2, 0.25) is 0 Å². The zero-order valence-corrected chi connectivity index (χ0v) is 23.8. The second-order valence-corrected chi connectivity index (χ2v) is 11.8. The first-order valence-corrected chi connectivity index (χ1v) is 14.2. The first-order chi connectivity index (χ1) is 20.3. The number of ether oxygens (including phenoxy) is 1. The molecule has 0 saturated carbocycles. The Morgan fingerprint density at radius 1 is 0.977 bits per heavy atom. The summed E-state index contributed by atoms with van der Waals surface area (Å²) in [5.74, 6) is -6.28. The molecule has 1 aliphatic heterocycles. The number of allylic oxidation sites excluding steroid dienone is 6. The van der Waals surface area contributed by atoms with E-state index in [1.807, 2.05) is 0 Å². The standard InChI is InChI=1S/C31H23BrF3NO7/c32-22-13-24(39)27-21(28(22)40)12-19-17(25(27)20-11-16(5-8-23(20)38)43-31(33,34)35)6-7-18-26(19)30(42)36(29(18)41)10-9-14-1-3-15(37)4-2-14/h1-6,8,11,13,18-19,25-26,37-38H,7,9-10,12H2/t18-,19+,25+,26-/m0/s1. The lowest BCUT2D eigenvalue weighted by Crippen LogP contribution is -2.39. The lowest BCUT2D eigenvalue weighted by atomic mass is 9.59. The summed E-state index contributed by atoms with van der Waals surface area (Å²) in [4.78, 5) is 55.1. The van der Waals surface area contributed by atoms with Crippen LogP contribution in [0.3, 0.4) is 0 Å². The number of alkyl halides is 3. The van der Waals surface area contributed by atoms with Crippen molar-refractivity contribution in [2.75, 3.05) is 6.54 Å². The van der Waals surface area contributed by atoms with E-state index in [4.69, 9.17) is 0 Å². The number of benzene rings is 2. The lowest BCUT2D eigenvalue weighted by molar-refractivity contribution is -0.274. The highest BCUT2D eigenvalue weighted by molar-refractivity contribution is 9.12. The van der Waals surface area contributed by atoms with E-state index in [-0.39, 0.29) is 52.2 Å². The molecule has 6 rings (SSSR count).